The molecule has 0 unspecified atom stereocenters. The maximum absolute atomic E-state index is 12.8. The van der Waals surface area contributed by atoms with Gasteiger partial charge in [0.15, 0.2) is 5.92 Å². The van der Waals surface area contributed by atoms with Crippen molar-refractivity contribution in [1.29, 1.82) is 0 Å². The minimum atomic E-state index is -1.80. The number of carboxylic acid groups (broad SMARTS) is 2. The van der Waals surface area contributed by atoms with Gasteiger partial charge < -0.3 is 25.2 Å². The van der Waals surface area contributed by atoms with Crippen molar-refractivity contribution in [2.75, 3.05) is 7.11 Å². The number of thiophene rings is 1. The molecular weight excluding hydrogens is 419 g/mol. The molecule has 4 atom stereocenters. The van der Waals surface area contributed by atoms with E-state index in [1.165, 1.54) is 36.3 Å². The Bertz CT molecular complexity index is 816. The SMILES string of the molecule is CO[C@@]1(NC(=O)[C@H](C(=O)O)c2ccsc2)C(=O)N2[C@@H](C(=O)O)C(C)(C)S[C@@H]21.[NaH]. The molecule has 1 aromatic rings. The van der Waals surface area contributed by atoms with Gasteiger partial charge in [0, 0.05) is 11.9 Å². The summed E-state index contributed by atoms with van der Waals surface area (Å²) in [4.78, 5) is 49.9. The third-order valence-electron chi connectivity index (χ3n) is 4.76. The normalized spacial score (nSPS) is 28.5. The average Bonchev–Trinajstić information content (AvgIpc) is 3.16. The molecule has 2 aliphatic rings. The standard InChI is InChI=1S/C16H18N2O7S2.Na.H/c1-15(2)9(12(22)23)18-13(24)16(25-3,14(18)27-15)17-10(19)8(11(20)21)7-4-5-26-6-7;;/h4-6,8-9,14H,1-3H3,(H,17,19)(H,20,21)(H,22,23);;/t8-,9+,14-,16+;;/m1../s1. The van der Waals surface area contributed by atoms with Crippen LogP contribution >= 0.6 is 23.1 Å². The number of β-lactam (4-membered cyclic amide) rings is 1. The van der Waals surface area contributed by atoms with E-state index in [-0.39, 0.29) is 29.6 Å². The van der Waals surface area contributed by atoms with E-state index in [0.717, 1.165) is 4.90 Å². The zero-order valence-corrected chi connectivity index (χ0v) is 16.3. The number of carbonyl (C=O) groups is 4. The summed E-state index contributed by atoms with van der Waals surface area (Å²) in [6.45, 7) is 3.38. The van der Waals surface area contributed by atoms with Crippen molar-refractivity contribution in [1.82, 2.24) is 10.2 Å². The fourth-order valence-corrected chi connectivity index (χ4v) is 5.84. The molecule has 28 heavy (non-hydrogen) atoms. The second-order valence-electron chi connectivity index (χ2n) is 6.78. The number of methoxy groups -OCH3 is 1. The van der Waals surface area contributed by atoms with Crippen molar-refractivity contribution >= 4 is 76.4 Å². The molecule has 0 saturated carbocycles. The zero-order chi connectivity index (χ0) is 20.1. The molecular formula is C16H19N2NaO7S2. The van der Waals surface area contributed by atoms with Crippen LogP contribution in [-0.2, 0) is 23.9 Å². The molecule has 2 fully saturated rings. The third kappa shape index (κ3) is 3.37. The Labute approximate surface area is 191 Å². The molecule has 2 aliphatic heterocycles. The molecule has 0 aromatic carbocycles. The van der Waals surface area contributed by atoms with E-state index in [1.54, 1.807) is 24.6 Å². The molecule has 0 radical (unpaired) electrons. The first-order chi connectivity index (χ1) is 12.6. The number of carboxylic acids is 2. The van der Waals surface area contributed by atoms with Gasteiger partial charge in [0.2, 0.25) is 5.91 Å². The van der Waals surface area contributed by atoms with Gasteiger partial charge in [-0.2, -0.15) is 11.3 Å². The Balaban J connectivity index is 0.00000280. The number of aliphatic carboxylic acids is 2. The van der Waals surface area contributed by atoms with Crippen LogP contribution in [0.3, 0.4) is 0 Å². The molecule has 3 rings (SSSR count). The summed E-state index contributed by atoms with van der Waals surface area (Å²) in [5.41, 5.74) is -1.50. The summed E-state index contributed by atoms with van der Waals surface area (Å²) < 4.78 is 4.50. The Hall–Kier alpha value is -1.11. The quantitative estimate of drug-likeness (QED) is 0.242. The van der Waals surface area contributed by atoms with Gasteiger partial charge >= 0.3 is 41.5 Å². The third-order valence-corrected chi connectivity index (χ3v) is 7.07. The van der Waals surface area contributed by atoms with Crippen LogP contribution in [0.1, 0.15) is 25.3 Å². The molecule has 2 amide bonds. The van der Waals surface area contributed by atoms with E-state index in [4.69, 9.17) is 4.74 Å². The van der Waals surface area contributed by atoms with E-state index in [1.807, 2.05) is 0 Å². The minimum absolute atomic E-state index is 0. The predicted molar refractivity (Wildman–Crippen MR) is 103 cm³/mol. The van der Waals surface area contributed by atoms with Crippen LogP contribution in [0, 0.1) is 0 Å². The molecule has 1 aromatic heterocycles. The van der Waals surface area contributed by atoms with Crippen LogP contribution in [0.5, 0.6) is 0 Å². The summed E-state index contributed by atoms with van der Waals surface area (Å²) in [7, 11) is 1.22. The maximum atomic E-state index is 12.8. The number of nitrogens with zero attached hydrogens (tertiary/aromatic N) is 1. The second-order valence-corrected chi connectivity index (χ2v) is 9.30. The average molecular weight is 438 g/mol. The van der Waals surface area contributed by atoms with Crippen molar-refractivity contribution in [2.24, 2.45) is 0 Å². The molecule has 0 aliphatic carbocycles. The summed E-state index contributed by atoms with van der Waals surface area (Å²) >= 11 is 2.43. The second kappa shape index (κ2) is 7.96. The Morgan fingerprint density at radius 3 is 2.43 bits per heavy atom. The number of carbonyl (C=O) groups excluding carboxylic acids is 2. The Kier molecular flexibility index (Phi) is 6.59. The number of thioether (sulfide) groups is 1. The van der Waals surface area contributed by atoms with Gasteiger partial charge in [-0.15, -0.1) is 11.8 Å². The number of hydrogen-bond donors (Lipinski definition) is 3. The summed E-state index contributed by atoms with van der Waals surface area (Å²) in [6.07, 6.45) is 0. The van der Waals surface area contributed by atoms with Gasteiger partial charge in [-0.1, -0.05) is 0 Å². The first-order valence-electron chi connectivity index (χ1n) is 7.92. The van der Waals surface area contributed by atoms with Crippen LogP contribution in [0.15, 0.2) is 16.8 Å². The van der Waals surface area contributed by atoms with E-state index in [9.17, 15) is 29.4 Å². The molecule has 0 bridgehead atoms. The van der Waals surface area contributed by atoms with Crippen molar-refractivity contribution in [3.63, 3.8) is 0 Å². The van der Waals surface area contributed by atoms with Crippen LogP contribution in [0.4, 0.5) is 0 Å². The van der Waals surface area contributed by atoms with Crippen LogP contribution in [0.25, 0.3) is 0 Å². The summed E-state index contributed by atoms with van der Waals surface area (Å²) in [5, 5.41) is 23.8. The fraction of sp³-hybridized carbons (Fsp3) is 0.500. The first-order valence-corrected chi connectivity index (χ1v) is 9.74. The Morgan fingerprint density at radius 1 is 1.32 bits per heavy atom. The Morgan fingerprint density at radius 2 is 1.96 bits per heavy atom. The number of ether oxygens (including phenoxy) is 1. The summed E-state index contributed by atoms with van der Waals surface area (Å²) in [5.74, 6) is -5.61. The van der Waals surface area contributed by atoms with Crippen LogP contribution in [0.2, 0.25) is 0 Å². The van der Waals surface area contributed by atoms with Gasteiger partial charge in [0.25, 0.3) is 11.6 Å². The molecule has 12 heteroatoms. The topological polar surface area (TPSA) is 133 Å². The van der Waals surface area contributed by atoms with Crippen LogP contribution < -0.4 is 5.32 Å². The first kappa shape index (κ1) is 23.2. The molecule has 2 saturated heterocycles. The molecule has 0 spiro atoms. The van der Waals surface area contributed by atoms with Crippen molar-refractivity contribution in [3.8, 4) is 0 Å². The zero-order valence-electron chi connectivity index (χ0n) is 14.7. The fourth-order valence-electron chi connectivity index (χ4n) is 3.48. The predicted octanol–water partition coefficient (Wildman–Crippen LogP) is -0.126. The number of rotatable bonds is 6. The van der Waals surface area contributed by atoms with E-state index in [0.29, 0.717) is 5.56 Å². The van der Waals surface area contributed by atoms with E-state index in [2.05, 4.69) is 5.32 Å². The monoisotopic (exact) mass is 438 g/mol. The van der Waals surface area contributed by atoms with Gasteiger partial charge in [-0.05, 0) is 36.2 Å². The van der Waals surface area contributed by atoms with E-state index < -0.39 is 51.6 Å². The summed E-state index contributed by atoms with van der Waals surface area (Å²) in [6, 6.07) is 0.443. The van der Waals surface area contributed by atoms with E-state index >= 15 is 0 Å². The van der Waals surface area contributed by atoms with Gasteiger partial charge in [0.05, 0.1) is 0 Å². The molecule has 3 N–H and O–H groups in total. The molecule has 3 heterocycles. The molecule has 148 valence electrons. The molecule has 9 nitrogen and oxygen atoms in total. The van der Waals surface area contributed by atoms with Gasteiger partial charge in [0.1, 0.15) is 11.4 Å². The number of hydrogen-bond acceptors (Lipinski definition) is 7. The van der Waals surface area contributed by atoms with Gasteiger partial charge in [-0.25, -0.2) is 4.79 Å². The number of fused-ring (bicyclic) bond motifs is 1. The van der Waals surface area contributed by atoms with Crippen molar-refractivity contribution in [3.05, 3.63) is 22.4 Å². The van der Waals surface area contributed by atoms with Crippen molar-refractivity contribution in [2.45, 2.75) is 41.7 Å². The van der Waals surface area contributed by atoms with Crippen LogP contribution in [-0.4, -0.2) is 97.4 Å². The number of nitrogens with one attached hydrogen (secondary N) is 1. The van der Waals surface area contributed by atoms with Gasteiger partial charge in [-0.3, -0.25) is 14.4 Å². The number of amides is 2. The van der Waals surface area contributed by atoms with Crippen molar-refractivity contribution < 1.29 is 34.1 Å².